The van der Waals surface area contributed by atoms with Crippen LogP contribution in [0.3, 0.4) is 0 Å². The molecule has 0 saturated carbocycles. The third kappa shape index (κ3) is 4.12. The summed E-state index contributed by atoms with van der Waals surface area (Å²) >= 11 is 0. The van der Waals surface area contributed by atoms with Crippen LogP contribution >= 0.6 is 0 Å². The standard InChI is InChI=1S/C8H16O6/c1-4(10)7(13)8(6(12)3-9)14-5(2)11/h3-8,10-13H,1-2H3/t4-,5+,6-,7-,8-/m0/s1. The lowest BCUT2D eigenvalue weighted by atomic mass is 10.0. The fraction of sp³-hybridized carbons (Fsp3) is 0.875. The molecule has 14 heavy (non-hydrogen) atoms. The average Bonchev–Trinajstić information content (AvgIpc) is 2.11. The van der Waals surface area contributed by atoms with E-state index in [4.69, 9.17) is 20.1 Å². The quantitative estimate of drug-likeness (QED) is 0.297. The molecular formula is C8H16O6. The first kappa shape index (κ1) is 13.5. The highest BCUT2D eigenvalue weighted by atomic mass is 16.6. The van der Waals surface area contributed by atoms with Crippen molar-refractivity contribution in [2.45, 2.75) is 44.6 Å². The molecule has 84 valence electrons. The average molecular weight is 208 g/mol. The first-order valence-corrected chi connectivity index (χ1v) is 4.23. The van der Waals surface area contributed by atoms with Gasteiger partial charge in [0.05, 0.1) is 6.10 Å². The Morgan fingerprint density at radius 3 is 1.93 bits per heavy atom. The number of carbonyl (C=O) groups excluding carboxylic acids is 1. The molecule has 0 saturated heterocycles. The minimum absolute atomic E-state index is 0.165. The summed E-state index contributed by atoms with van der Waals surface area (Å²) < 4.78 is 4.69. The maximum atomic E-state index is 10.3. The van der Waals surface area contributed by atoms with Crippen molar-refractivity contribution in [3.05, 3.63) is 0 Å². The van der Waals surface area contributed by atoms with E-state index >= 15 is 0 Å². The highest BCUT2D eigenvalue weighted by molar-refractivity contribution is 5.56. The van der Waals surface area contributed by atoms with Crippen LogP contribution in [-0.4, -0.2) is 57.4 Å². The summed E-state index contributed by atoms with van der Waals surface area (Å²) in [5, 5.41) is 36.3. The Kier molecular flexibility index (Phi) is 5.82. The van der Waals surface area contributed by atoms with Crippen molar-refractivity contribution in [1.29, 1.82) is 0 Å². The first-order chi connectivity index (χ1) is 6.40. The molecule has 0 heterocycles. The molecule has 0 aliphatic rings. The second-order valence-electron chi connectivity index (χ2n) is 3.06. The van der Waals surface area contributed by atoms with Gasteiger partial charge in [0.15, 0.2) is 12.6 Å². The normalized spacial score (nSPS) is 22.1. The lowest BCUT2D eigenvalue weighted by molar-refractivity contribution is -0.197. The molecule has 4 N–H and O–H groups in total. The van der Waals surface area contributed by atoms with Crippen molar-refractivity contribution in [1.82, 2.24) is 0 Å². The minimum atomic E-state index is -1.59. The molecular weight excluding hydrogens is 192 g/mol. The molecule has 6 heteroatoms. The molecule has 0 aromatic heterocycles. The van der Waals surface area contributed by atoms with E-state index in [9.17, 15) is 9.90 Å². The molecule has 0 aromatic carbocycles. The summed E-state index contributed by atoms with van der Waals surface area (Å²) in [7, 11) is 0. The third-order valence-electron chi connectivity index (χ3n) is 1.66. The number of aldehydes is 1. The molecule has 0 unspecified atom stereocenters. The number of aliphatic hydroxyl groups is 4. The SMILES string of the molecule is C[C@H](O)O[C@H]([C@@H](O)[C@H](C)O)[C@@H](O)C=O. The maximum Gasteiger partial charge on any atom is 0.152 e. The fourth-order valence-corrected chi connectivity index (χ4v) is 0.942. The third-order valence-corrected chi connectivity index (χ3v) is 1.66. The van der Waals surface area contributed by atoms with Crippen molar-refractivity contribution in [2.75, 3.05) is 0 Å². The summed E-state index contributed by atoms with van der Waals surface area (Å²) in [4.78, 5) is 10.3. The Bertz CT molecular complexity index is 169. The van der Waals surface area contributed by atoms with E-state index in [1.165, 1.54) is 13.8 Å². The lowest BCUT2D eigenvalue weighted by Crippen LogP contribution is -2.47. The van der Waals surface area contributed by atoms with E-state index in [2.05, 4.69) is 0 Å². The number of ether oxygens (including phenoxy) is 1. The Hall–Kier alpha value is -0.530. The highest BCUT2D eigenvalue weighted by Gasteiger charge is 2.31. The number of hydrogen-bond acceptors (Lipinski definition) is 6. The molecule has 0 radical (unpaired) electrons. The summed E-state index contributed by atoms with van der Waals surface area (Å²) in [6, 6.07) is 0. The molecule has 0 spiro atoms. The molecule has 6 nitrogen and oxygen atoms in total. The number of rotatable bonds is 6. The molecule has 5 atom stereocenters. The van der Waals surface area contributed by atoms with E-state index in [0.717, 1.165) is 0 Å². The van der Waals surface area contributed by atoms with Gasteiger partial charge in [-0.25, -0.2) is 0 Å². The monoisotopic (exact) mass is 208 g/mol. The molecule has 0 aliphatic heterocycles. The molecule has 0 rings (SSSR count). The molecule has 0 aliphatic carbocycles. The van der Waals surface area contributed by atoms with Gasteiger partial charge < -0.3 is 30.0 Å². The van der Waals surface area contributed by atoms with Gasteiger partial charge >= 0.3 is 0 Å². The Morgan fingerprint density at radius 2 is 1.64 bits per heavy atom. The van der Waals surface area contributed by atoms with E-state index in [-0.39, 0.29) is 6.29 Å². The van der Waals surface area contributed by atoms with Crippen LogP contribution in [0.25, 0.3) is 0 Å². The van der Waals surface area contributed by atoms with Crippen LogP contribution in [-0.2, 0) is 9.53 Å². The van der Waals surface area contributed by atoms with Gasteiger partial charge in [0.1, 0.15) is 18.3 Å². The van der Waals surface area contributed by atoms with Crippen molar-refractivity contribution in [3.8, 4) is 0 Å². The van der Waals surface area contributed by atoms with Gasteiger partial charge in [-0.15, -0.1) is 0 Å². The fourth-order valence-electron chi connectivity index (χ4n) is 0.942. The van der Waals surface area contributed by atoms with Crippen LogP contribution in [0.2, 0.25) is 0 Å². The lowest BCUT2D eigenvalue weighted by Gasteiger charge is -2.27. The predicted octanol–water partition coefficient (Wildman–Crippen LogP) is -1.99. The minimum Gasteiger partial charge on any atom is -0.391 e. The van der Waals surface area contributed by atoms with Gasteiger partial charge in [-0.3, -0.25) is 0 Å². The van der Waals surface area contributed by atoms with Crippen LogP contribution in [0.4, 0.5) is 0 Å². The first-order valence-electron chi connectivity index (χ1n) is 4.23. The predicted molar refractivity (Wildman–Crippen MR) is 46.3 cm³/mol. The van der Waals surface area contributed by atoms with Gasteiger partial charge in [0.25, 0.3) is 0 Å². The zero-order valence-electron chi connectivity index (χ0n) is 8.07. The van der Waals surface area contributed by atoms with Gasteiger partial charge in [-0.05, 0) is 13.8 Å². The topological polar surface area (TPSA) is 107 Å². The Labute approximate surface area is 81.7 Å². The van der Waals surface area contributed by atoms with Crippen LogP contribution in [0.1, 0.15) is 13.8 Å². The van der Waals surface area contributed by atoms with Crippen LogP contribution in [0.15, 0.2) is 0 Å². The summed E-state index contributed by atoms with van der Waals surface area (Å²) in [5.74, 6) is 0. The second-order valence-corrected chi connectivity index (χ2v) is 3.06. The van der Waals surface area contributed by atoms with E-state index in [0.29, 0.717) is 0 Å². The van der Waals surface area contributed by atoms with E-state index < -0.39 is 30.7 Å². The van der Waals surface area contributed by atoms with Crippen molar-refractivity contribution in [3.63, 3.8) is 0 Å². The zero-order chi connectivity index (χ0) is 11.3. The number of hydrogen-bond donors (Lipinski definition) is 4. The number of aliphatic hydroxyl groups excluding tert-OH is 4. The van der Waals surface area contributed by atoms with Crippen LogP contribution in [0.5, 0.6) is 0 Å². The maximum absolute atomic E-state index is 10.3. The van der Waals surface area contributed by atoms with Crippen LogP contribution in [0, 0.1) is 0 Å². The molecule has 0 aromatic rings. The summed E-state index contributed by atoms with van der Waals surface area (Å²) in [5.41, 5.74) is 0. The summed E-state index contributed by atoms with van der Waals surface area (Å²) in [6.45, 7) is 2.54. The Balaban J connectivity index is 4.45. The zero-order valence-corrected chi connectivity index (χ0v) is 8.07. The molecule has 0 fully saturated rings. The molecule has 0 amide bonds. The van der Waals surface area contributed by atoms with Gasteiger partial charge in [0.2, 0.25) is 0 Å². The van der Waals surface area contributed by atoms with Crippen molar-refractivity contribution >= 4 is 6.29 Å². The number of carbonyl (C=O) groups is 1. The van der Waals surface area contributed by atoms with Gasteiger partial charge in [-0.1, -0.05) is 0 Å². The second kappa shape index (κ2) is 6.05. The van der Waals surface area contributed by atoms with E-state index in [1.807, 2.05) is 0 Å². The highest BCUT2D eigenvalue weighted by Crippen LogP contribution is 2.10. The van der Waals surface area contributed by atoms with Gasteiger partial charge in [-0.2, -0.15) is 0 Å². The largest absolute Gasteiger partial charge is 0.391 e. The molecule has 0 bridgehead atoms. The van der Waals surface area contributed by atoms with Gasteiger partial charge in [0, 0.05) is 0 Å². The van der Waals surface area contributed by atoms with E-state index in [1.54, 1.807) is 0 Å². The van der Waals surface area contributed by atoms with Crippen molar-refractivity contribution < 1.29 is 30.0 Å². The Morgan fingerprint density at radius 1 is 1.14 bits per heavy atom. The summed E-state index contributed by atoms with van der Waals surface area (Å²) in [6.07, 6.45) is -6.62. The van der Waals surface area contributed by atoms with Crippen LogP contribution < -0.4 is 0 Å². The van der Waals surface area contributed by atoms with Crippen molar-refractivity contribution in [2.24, 2.45) is 0 Å². The smallest absolute Gasteiger partial charge is 0.152 e.